The first-order valence-electron chi connectivity index (χ1n) is 36.2. The zero-order valence-electron chi connectivity index (χ0n) is 64.9. The number of amides is 3. The Balaban J connectivity index is 0.000000682. The highest BCUT2D eigenvalue weighted by Gasteiger charge is 2.28. The largest absolute Gasteiger partial charge is 0.480 e. The van der Waals surface area contributed by atoms with Gasteiger partial charge in [-0.2, -0.15) is 0 Å². The first-order chi connectivity index (χ1) is 47.9. The SMILES string of the molecule is CC(C)(C)CC(=O)NCCCCBr.CC(C)(C)OC(=O)CN1CCN(CCCCN)CCN(CC(=O)OC(C)(C)C)CC1.CC(C)(C)OC(=O)CN1CCNCCN(CC(=O)OC(C)(C)C)CC1.O=C(O)CN1CCN(CCCCN2C(=O)C=CC2=O)CCN(CC(=O)O)CC1.O=C1C=CC(=O)O1. The van der Waals surface area contributed by atoms with Gasteiger partial charge in [-0.25, -0.2) is 9.59 Å². The predicted molar refractivity (Wildman–Crippen MR) is 397 cm³/mol. The number of unbranched alkanes of at least 4 members (excludes halogenated alkanes) is 3. The monoisotopic (exact) mass is 1530 g/mol. The fraction of sp³-hybridized carbons (Fsp3) is 0.792. The van der Waals surface area contributed by atoms with E-state index < -0.39 is 46.3 Å². The molecule has 0 aliphatic carbocycles. The smallest absolute Gasteiger partial charge is 0.338 e. The summed E-state index contributed by atoms with van der Waals surface area (Å²) in [6.45, 7) is 46.2. The van der Waals surface area contributed by atoms with Crippen molar-refractivity contribution in [3.05, 3.63) is 24.3 Å². The maximum Gasteiger partial charge on any atom is 0.338 e. The van der Waals surface area contributed by atoms with Gasteiger partial charge < -0.3 is 60.1 Å². The van der Waals surface area contributed by atoms with Crippen LogP contribution in [0.3, 0.4) is 0 Å². The van der Waals surface area contributed by atoms with E-state index in [2.05, 4.69) is 81.5 Å². The fourth-order valence-electron chi connectivity index (χ4n) is 10.5. The summed E-state index contributed by atoms with van der Waals surface area (Å²) in [6.07, 6.45) is 11.0. The zero-order valence-corrected chi connectivity index (χ0v) is 66.5. The summed E-state index contributed by atoms with van der Waals surface area (Å²) in [5.74, 6) is -4.20. The summed E-state index contributed by atoms with van der Waals surface area (Å²) in [7, 11) is 0. The molecule has 5 aliphatic heterocycles. The van der Waals surface area contributed by atoms with Gasteiger partial charge in [-0.05, 0) is 147 Å². The number of esters is 6. The second-order valence-corrected chi connectivity index (χ2v) is 31.9. The molecule has 5 aliphatic rings. The van der Waals surface area contributed by atoms with Crippen molar-refractivity contribution in [2.75, 3.05) is 195 Å². The number of nitrogens with one attached hydrogen (secondary N) is 2. The van der Waals surface area contributed by atoms with Crippen molar-refractivity contribution in [2.24, 2.45) is 11.1 Å². The van der Waals surface area contributed by atoms with Crippen LogP contribution < -0.4 is 16.4 Å². The van der Waals surface area contributed by atoms with Gasteiger partial charge in [-0.3, -0.25) is 77.5 Å². The minimum absolute atomic E-state index is 0.0685. The number of alkyl halides is 1. The van der Waals surface area contributed by atoms with E-state index in [4.69, 9.17) is 34.9 Å². The van der Waals surface area contributed by atoms with E-state index in [0.717, 1.165) is 122 Å². The maximum absolute atomic E-state index is 12.3. The molecule has 103 heavy (non-hydrogen) atoms. The van der Waals surface area contributed by atoms with Gasteiger partial charge in [-0.15, -0.1) is 0 Å². The third-order valence-electron chi connectivity index (χ3n) is 15.2. The number of hydrogen-bond donors (Lipinski definition) is 5. The number of halogens is 1. The molecule has 0 aromatic rings. The fourth-order valence-corrected chi connectivity index (χ4v) is 10.9. The van der Waals surface area contributed by atoms with Gasteiger partial charge in [0.15, 0.2) is 0 Å². The van der Waals surface area contributed by atoms with Crippen molar-refractivity contribution in [3.63, 3.8) is 0 Å². The summed E-state index contributed by atoms with van der Waals surface area (Å²) >= 11 is 3.35. The predicted octanol–water partition coefficient (Wildman–Crippen LogP) is 3.33. The minimum Gasteiger partial charge on any atom is -0.480 e. The Morgan fingerprint density at radius 1 is 0.437 bits per heavy atom. The molecule has 5 heterocycles. The summed E-state index contributed by atoms with van der Waals surface area (Å²) in [5, 5.41) is 25.4. The van der Waals surface area contributed by atoms with Crippen molar-refractivity contribution >= 4 is 81.4 Å². The molecule has 0 aromatic carbocycles. The van der Waals surface area contributed by atoms with E-state index in [0.29, 0.717) is 91.4 Å². The van der Waals surface area contributed by atoms with E-state index in [1.165, 1.54) is 17.1 Å². The molecule has 0 bridgehead atoms. The number of nitrogens with zero attached hydrogens (tertiary/aromatic N) is 9. The van der Waals surface area contributed by atoms with Crippen molar-refractivity contribution in [3.8, 4) is 0 Å². The highest BCUT2D eigenvalue weighted by molar-refractivity contribution is 9.09. The van der Waals surface area contributed by atoms with Crippen LogP contribution in [0.1, 0.15) is 149 Å². The van der Waals surface area contributed by atoms with E-state index in [1.807, 2.05) is 92.9 Å². The van der Waals surface area contributed by atoms with Gasteiger partial charge in [0.25, 0.3) is 11.8 Å². The van der Waals surface area contributed by atoms with Gasteiger partial charge >= 0.3 is 47.8 Å². The van der Waals surface area contributed by atoms with E-state index in [-0.39, 0.29) is 86.3 Å². The Kier molecular flexibility index (Phi) is 46.0. The highest BCUT2D eigenvalue weighted by atomic mass is 79.9. The molecule has 0 aromatic heterocycles. The number of carbonyl (C=O) groups is 11. The molecule has 0 saturated carbocycles. The van der Waals surface area contributed by atoms with Crippen LogP contribution in [0.5, 0.6) is 0 Å². The molecule has 0 radical (unpaired) electrons. The number of cyclic esters (lactones) is 2. The number of rotatable bonds is 26. The molecule has 0 unspecified atom stereocenters. The molecule has 6 N–H and O–H groups in total. The molecule has 3 amide bonds. The number of aliphatic carboxylic acids is 2. The quantitative estimate of drug-likeness (QED) is 0.0207. The highest BCUT2D eigenvalue weighted by Crippen LogP contribution is 2.18. The topological polar surface area (TPSA) is 354 Å². The van der Waals surface area contributed by atoms with Crippen LogP contribution in [0.15, 0.2) is 24.3 Å². The third kappa shape index (κ3) is 53.5. The molecule has 3 fully saturated rings. The molecular formula is C72H129BrN12O18. The van der Waals surface area contributed by atoms with Crippen LogP contribution >= 0.6 is 15.9 Å². The van der Waals surface area contributed by atoms with E-state index in [1.54, 1.807) is 0 Å². The standard InChI is InChI=1S/C22H44N4O4.C18H28N4O6.C18H35N3O4.C10H20BrNO.C4H2O3/c1-21(2,3)29-19(27)17-25-13-11-24(10-8-7-9-23)12-14-26(16-15-25)18-20(28)30-22(4,5)6;23-15-3-4-16(24)22(15)6-2-1-5-19-7-9-20(13-17(25)26)11-12-21(10-8-19)14-18(27)28;1-17(2,3)24-15(22)13-20-9-7-19-8-10-21(12-11-20)14-16(23)25-18(4,5)6;1-10(2,3)8-9(13)12-7-5-4-6-11;5-3-1-2-4(6)7-3/h7-18,23H2,1-6H3;3-4H,1-2,5-14H2,(H,25,26)(H,27,28);19H,7-14H2,1-6H3;4-8H2,1-3H3,(H,12,13);1-2H. The Morgan fingerprint density at radius 2 is 0.738 bits per heavy atom. The second-order valence-electron chi connectivity index (χ2n) is 31.1. The minimum atomic E-state index is -0.899. The molecule has 30 nitrogen and oxygen atoms in total. The third-order valence-corrected chi connectivity index (χ3v) is 15.8. The van der Waals surface area contributed by atoms with Crippen LogP contribution in [0.4, 0.5) is 0 Å². The molecular weight excluding hydrogens is 1400 g/mol. The first-order valence-corrected chi connectivity index (χ1v) is 37.3. The number of imide groups is 1. The number of carboxylic acids is 2. The lowest BCUT2D eigenvalue weighted by Gasteiger charge is -2.27. The average molecular weight is 1530 g/mol. The average Bonchev–Trinajstić information content (AvgIpc) is 1.84. The Labute approximate surface area is 621 Å². The van der Waals surface area contributed by atoms with Gasteiger partial charge in [0, 0.05) is 167 Å². The molecule has 5 rings (SSSR count). The molecule has 0 spiro atoms. The number of hydrogen-bond acceptors (Lipinski definition) is 26. The zero-order chi connectivity index (χ0) is 78.0. The van der Waals surface area contributed by atoms with Crippen molar-refractivity contribution in [1.82, 2.24) is 54.7 Å². The van der Waals surface area contributed by atoms with Crippen LogP contribution in [-0.2, 0) is 76.4 Å². The van der Waals surface area contributed by atoms with Crippen LogP contribution in [-0.4, -0.2) is 337 Å². The van der Waals surface area contributed by atoms with Gasteiger partial charge in [0.1, 0.15) is 22.4 Å². The Bertz CT molecular complexity index is 2530. The molecule has 31 heteroatoms. The van der Waals surface area contributed by atoms with Gasteiger partial charge in [0.2, 0.25) is 5.91 Å². The Hall–Kier alpha value is -5.87. The lowest BCUT2D eigenvalue weighted by Crippen LogP contribution is -2.42. The van der Waals surface area contributed by atoms with Crippen molar-refractivity contribution in [1.29, 1.82) is 0 Å². The number of ether oxygens (including phenoxy) is 5. The number of carbonyl (C=O) groups excluding carboxylic acids is 9. The lowest BCUT2D eigenvalue weighted by molar-refractivity contribution is -0.158. The summed E-state index contributed by atoms with van der Waals surface area (Å²) < 4.78 is 25.8. The summed E-state index contributed by atoms with van der Waals surface area (Å²) in [6, 6.07) is 0. The van der Waals surface area contributed by atoms with E-state index >= 15 is 0 Å². The number of nitrogens with two attached hydrogens (primary N) is 1. The van der Waals surface area contributed by atoms with Crippen molar-refractivity contribution in [2.45, 2.75) is 171 Å². The van der Waals surface area contributed by atoms with Crippen LogP contribution in [0, 0.1) is 5.41 Å². The van der Waals surface area contributed by atoms with Gasteiger partial charge in [-0.1, -0.05) is 36.7 Å². The molecule has 592 valence electrons. The first kappa shape index (κ1) is 95.1. The Morgan fingerprint density at radius 3 is 1.02 bits per heavy atom. The maximum atomic E-state index is 12.3. The van der Waals surface area contributed by atoms with Crippen molar-refractivity contribution < 1.29 is 86.6 Å². The lowest BCUT2D eigenvalue weighted by atomic mass is 9.92. The normalized spacial score (nSPS) is 18.0. The van der Waals surface area contributed by atoms with Gasteiger partial charge in [0.05, 0.1) is 39.3 Å². The van der Waals surface area contributed by atoms with E-state index in [9.17, 15) is 52.7 Å². The molecule has 0 atom stereocenters. The second kappa shape index (κ2) is 49.8. The number of carboxylic acid groups (broad SMARTS) is 2. The van der Waals surface area contributed by atoms with Crippen LogP contribution in [0.2, 0.25) is 0 Å². The van der Waals surface area contributed by atoms with Crippen LogP contribution in [0.25, 0.3) is 0 Å². The summed E-state index contributed by atoms with van der Waals surface area (Å²) in [4.78, 5) is 143. The molecule has 3 saturated heterocycles. The summed E-state index contributed by atoms with van der Waals surface area (Å²) in [5.41, 5.74) is 3.80.